The molecule has 18 heavy (non-hydrogen) atoms. The lowest BCUT2D eigenvalue weighted by Gasteiger charge is -2.18. The van der Waals surface area contributed by atoms with Gasteiger partial charge in [0.1, 0.15) is 0 Å². The Hall–Kier alpha value is -2.03. The zero-order valence-corrected chi connectivity index (χ0v) is 11.1. The fourth-order valence-electron chi connectivity index (χ4n) is 1.99. The fraction of sp³-hybridized carbons (Fsp3) is 0.267. The summed E-state index contributed by atoms with van der Waals surface area (Å²) in [5.41, 5.74) is 2.91. The largest absolute Gasteiger partial charge is 0.353 e. The maximum absolute atomic E-state index is 12.3. The third kappa shape index (κ3) is 2.45. The molecule has 0 bridgehead atoms. The van der Waals surface area contributed by atoms with E-state index in [0.29, 0.717) is 6.54 Å². The smallest absolute Gasteiger partial charge is 0.254 e. The van der Waals surface area contributed by atoms with Gasteiger partial charge >= 0.3 is 0 Å². The van der Waals surface area contributed by atoms with E-state index in [-0.39, 0.29) is 5.91 Å². The van der Waals surface area contributed by atoms with Crippen molar-refractivity contribution in [2.24, 2.45) is 7.05 Å². The van der Waals surface area contributed by atoms with Crippen molar-refractivity contribution in [3.8, 4) is 0 Å². The third-order valence-electron chi connectivity index (χ3n) is 3.17. The van der Waals surface area contributed by atoms with Gasteiger partial charge in [-0.25, -0.2) is 0 Å². The van der Waals surface area contributed by atoms with Crippen LogP contribution < -0.4 is 0 Å². The fourth-order valence-corrected chi connectivity index (χ4v) is 1.99. The lowest BCUT2D eigenvalue weighted by molar-refractivity contribution is 0.0781. The molecule has 2 aromatic rings. The van der Waals surface area contributed by atoms with Gasteiger partial charge in [0.15, 0.2) is 0 Å². The molecule has 1 aromatic heterocycles. The zero-order valence-electron chi connectivity index (χ0n) is 11.1. The van der Waals surface area contributed by atoms with Crippen LogP contribution >= 0.6 is 0 Å². The Morgan fingerprint density at radius 3 is 2.56 bits per heavy atom. The van der Waals surface area contributed by atoms with E-state index in [1.807, 2.05) is 68.2 Å². The van der Waals surface area contributed by atoms with Crippen molar-refractivity contribution in [2.75, 3.05) is 7.05 Å². The quantitative estimate of drug-likeness (QED) is 0.812. The number of carbonyl (C=O) groups is 1. The van der Waals surface area contributed by atoms with Gasteiger partial charge in [-0.1, -0.05) is 18.2 Å². The molecule has 0 N–H and O–H groups in total. The molecule has 1 aromatic carbocycles. The summed E-state index contributed by atoms with van der Waals surface area (Å²) in [5, 5.41) is 0. The number of carbonyl (C=O) groups excluding carboxylic acids is 1. The first kappa shape index (κ1) is 12.4. The second-order valence-corrected chi connectivity index (χ2v) is 4.59. The van der Waals surface area contributed by atoms with Gasteiger partial charge in [-0.05, 0) is 30.7 Å². The molecule has 0 saturated heterocycles. The minimum Gasteiger partial charge on any atom is -0.353 e. The summed E-state index contributed by atoms with van der Waals surface area (Å²) >= 11 is 0. The number of hydrogen-bond acceptors (Lipinski definition) is 1. The lowest BCUT2D eigenvalue weighted by Crippen LogP contribution is -2.27. The van der Waals surface area contributed by atoms with Crippen molar-refractivity contribution in [1.82, 2.24) is 9.47 Å². The summed E-state index contributed by atoms with van der Waals surface area (Å²) in [7, 11) is 3.82. The molecule has 0 aliphatic heterocycles. The molecule has 0 aliphatic rings. The van der Waals surface area contributed by atoms with Crippen molar-refractivity contribution < 1.29 is 4.79 Å². The lowest BCUT2D eigenvalue weighted by atomic mass is 10.1. The van der Waals surface area contributed by atoms with E-state index in [9.17, 15) is 4.79 Å². The van der Waals surface area contributed by atoms with Crippen LogP contribution in [0.15, 0.2) is 42.6 Å². The van der Waals surface area contributed by atoms with E-state index >= 15 is 0 Å². The maximum Gasteiger partial charge on any atom is 0.254 e. The average molecular weight is 242 g/mol. The van der Waals surface area contributed by atoms with Gasteiger partial charge in [-0.3, -0.25) is 4.79 Å². The standard InChI is InChI=1S/C15H18N2O/c1-12-7-4-5-9-14(12)15(18)17(3)11-13-8-6-10-16(13)2/h4-10H,11H2,1-3H3. The Morgan fingerprint density at radius 1 is 1.22 bits per heavy atom. The molecule has 3 heteroatoms. The monoisotopic (exact) mass is 242 g/mol. The highest BCUT2D eigenvalue weighted by Gasteiger charge is 2.14. The summed E-state index contributed by atoms with van der Waals surface area (Å²) < 4.78 is 2.03. The highest BCUT2D eigenvalue weighted by Crippen LogP contribution is 2.12. The number of amides is 1. The van der Waals surface area contributed by atoms with Crippen LogP contribution in [0.25, 0.3) is 0 Å². The van der Waals surface area contributed by atoms with Gasteiger partial charge in [0.2, 0.25) is 0 Å². The third-order valence-corrected chi connectivity index (χ3v) is 3.17. The molecule has 1 amide bonds. The van der Waals surface area contributed by atoms with Crippen LogP contribution in [0.3, 0.4) is 0 Å². The Bertz CT molecular complexity index is 557. The zero-order chi connectivity index (χ0) is 13.1. The van der Waals surface area contributed by atoms with Gasteiger partial charge in [-0.2, -0.15) is 0 Å². The molecule has 0 aliphatic carbocycles. The second-order valence-electron chi connectivity index (χ2n) is 4.59. The minimum absolute atomic E-state index is 0.0642. The molecular formula is C15H18N2O. The van der Waals surface area contributed by atoms with Crippen LogP contribution in [-0.2, 0) is 13.6 Å². The normalized spacial score (nSPS) is 10.4. The Balaban J connectivity index is 2.15. The summed E-state index contributed by atoms with van der Waals surface area (Å²) in [6, 6.07) is 11.7. The van der Waals surface area contributed by atoms with Crippen LogP contribution in [-0.4, -0.2) is 22.4 Å². The van der Waals surface area contributed by atoms with Crippen LogP contribution in [0.2, 0.25) is 0 Å². The number of aromatic nitrogens is 1. The SMILES string of the molecule is Cc1ccccc1C(=O)N(C)Cc1cccn1C. The van der Waals surface area contributed by atoms with Gasteiger partial charge in [-0.15, -0.1) is 0 Å². The highest BCUT2D eigenvalue weighted by atomic mass is 16.2. The van der Waals surface area contributed by atoms with E-state index < -0.39 is 0 Å². The molecule has 0 saturated carbocycles. The highest BCUT2D eigenvalue weighted by molar-refractivity contribution is 5.95. The predicted octanol–water partition coefficient (Wildman–Crippen LogP) is 2.61. The molecule has 94 valence electrons. The minimum atomic E-state index is 0.0642. The first-order valence-electron chi connectivity index (χ1n) is 6.01. The van der Waals surface area contributed by atoms with E-state index in [2.05, 4.69) is 0 Å². The molecule has 0 unspecified atom stereocenters. The van der Waals surface area contributed by atoms with Crippen molar-refractivity contribution >= 4 is 5.91 Å². The molecule has 0 atom stereocenters. The number of hydrogen-bond donors (Lipinski definition) is 0. The van der Waals surface area contributed by atoms with Crippen molar-refractivity contribution in [3.63, 3.8) is 0 Å². The van der Waals surface area contributed by atoms with E-state index in [1.165, 1.54) is 0 Å². The van der Waals surface area contributed by atoms with Gasteiger partial charge in [0, 0.05) is 31.5 Å². The second kappa shape index (κ2) is 5.08. The first-order chi connectivity index (χ1) is 8.59. The molecule has 1 heterocycles. The van der Waals surface area contributed by atoms with Crippen molar-refractivity contribution in [3.05, 3.63) is 59.4 Å². The molecular weight excluding hydrogens is 224 g/mol. The van der Waals surface area contributed by atoms with Crippen LogP contribution in [0.5, 0.6) is 0 Å². The van der Waals surface area contributed by atoms with Crippen LogP contribution in [0, 0.1) is 6.92 Å². The molecule has 0 spiro atoms. The summed E-state index contributed by atoms with van der Waals surface area (Å²) in [6.45, 7) is 2.58. The van der Waals surface area contributed by atoms with Crippen molar-refractivity contribution in [2.45, 2.75) is 13.5 Å². The number of nitrogens with zero attached hydrogens (tertiary/aromatic N) is 2. The maximum atomic E-state index is 12.3. The topological polar surface area (TPSA) is 25.2 Å². The number of benzene rings is 1. The van der Waals surface area contributed by atoms with Gasteiger partial charge in [0.25, 0.3) is 5.91 Å². The Morgan fingerprint density at radius 2 is 1.94 bits per heavy atom. The molecule has 0 radical (unpaired) electrons. The van der Waals surface area contributed by atoms with Crippen molar-refractivity contribution in [1.29, 1.82) is 0 Å². The van der Waals surface area contributed by atoms with E-state index in [0.717, 1.165) is 16.8 Å². The molecule has 3 nitrogen and oxygen atoms in total. The van der Waals surface area contributed by atoms with Crippen LogP contribution in [0.4, 0.5) is 0 Å². The number of rotatable bonds is 3. The van der Waals surface area contributed by atoms with E-state index in [1.54, 1.807) is 4.90 Å². The molecule has 2 rings (SSSR count). The van der Waals surface area contributed by atoms with E-state index in [4.69, 9.17) is 0 Å². The molecule has 0 fully saturated rings. The number of aryl methyl sites for hydroxylation is 2. The van der Waals surface area contributed by atoms with Gasteiger partial charge < -0.3 is 9.47 Å². The Kier molecular flexibility index (Phi) is 3.51. The predicted molar refractivity (Wildman–Crippen MR) is 72.4 cm³/mol. The van der Waals surface area contributed by atoms with Gasteiger partial charge in [0.05, 0.1) is 6.54 Å². The average Bonchev–Trinajstić information content (AvgIpc) is 2.75. The summed E-state index contributed by atoms with van der Waals surface area (Å²) in [6.07, 6.45) is 1.99. The summed E-state index contributed by atoms with van der Waals surface area (Å²) in [5.74, 6) is 0.0642. The summed E-state index contributed by atoms with van der Waals surface area (Å²) in [4.78, 5) is 14.1. The Labute approximate surface area is 108 Å². The first-order valence-corrected chi connectivity index (χ1v) is 6.01. The van der Waals surface area contributed by atoms with Crippen LogP contribution in [0.1, 0.15) is 21.6 Å².